The average molecular weight is 484 g/mol. The maximum Gasteiger partial charge on any atom is 0.271 e. The maximum absolute atomic E-state index is 12.9. The molecule has 2 amide bonds. The fourth-order valence-electron chi connectivity index (χ4n) is 3.74. The highest BCUT2D eigenvalue weighted by Gasteiger charge is 2.21. The standard InChI is InChI=1S/C24H25N3O4S2/c28-22(25-21-8-3-2-7-20(21)24(29)27-14-4-1-5-15-27)17-18-10-12-19(13-11-18)26-33(30,31)23-9-6-16-32-23/h2-3,6-13,16,26H,1,4-5,14-15,17H2,(H,25,28). The molecule has 2 heterocycles. The summed E-state index contributed by atoms with van der Waals surface area (Å²) in [5, 5.41) is 4.56. The molecule has 2 N–H and O–H groups in total. The summed E-state index contributed by atoms with van der Waals surface area (Å²) in [6.45, 7) is 1.48. The van der Waals surface area contributed by atoms with Crippen LogP contribution in [0, 0.1) is 0 Å². The fourth-order valence-corrected chi connectivity index (χ4v) is 5.79. The molecule has 0 spiro atoms. The van der Waals surface area contributed by atoms with Gasteiger partial charge in [0.15, 0.2) is 0 Å². The molecule has 1 aliphatic rings. The van der Waals surface area contributed by atoms with E-state index in [2.05, 4.69) is 10.0 Å². The first-order valence-corrected chi connectivity index (χ1v) is 13.1. The molecule has 3 aromatic rings. The van der Waals surface area contributed by atoms with E-state index in [-0.39, 0.29) is 22.4 Å². The molecule has 1 aliphatic heterocycles. The second-order valence-electron chi connectivity index (χ2n) is 7.86. The lowest BCUT2D eigenvalue weighted by Crippen LogP contribution is -2.36. The van der Waals surface area contributed by atoms with E-state index >= 15 is 0 Å². The lowest BCUT2D eigenvalue weighted by Gasteiger charge is -2.27. The van der Waals surface area contributed by atoms with Crippen molar-refractivity contribution in [1.82, 2.24) is 4.90 Å². The second-order valence-corrected chi connectivity index (χ2v) is 10.7. The first-order valence-electron chi connectivity index (χ1n) is 10.8. The Balaban J connectivity index is 1.39. The summed E-state index contributed by atoms with van der Waals surface area (Å²) in [5.41, 5.74) is 2.14. The average Bonchev–Trinajstić information content (AvgIpc) is 3.37. The van der Waals surface area contributed by atoms with Crippen LogP contribution in [0.1, 0.15) is 35.2 Å². The number of nitrogens with zero attached hydrogens (tertiary/aromatic N) is 1. The van der Waals surface area contributed by atoms with Crippen molar-refractivity contribution in [3.63, 3.8) is 0 Å². The van der Waals surface area contributed by atoms with E-state index in [4.69, 9.17) is 0 Å². The molecule has 7 nitrogen and oxygen atoms in total. The van der Waals surface area contributed by atoms with Gasteiger partial charge in [0.1, 0.15) is 4.21 Å². The quantitative estimate of drug-likeness (QED) is 0.522. The molecule has 0 saturated carbocycles. The Kier molecular flexibility index (Phi) is 7.10. The van der Waals surface area contributed by atoms with E-state index in [1.54, 1.807) is 66.0 Å². The van der Waals surface area contributed by atoms with Crippen LogP contribution in [-0.2, 0) is 21.2 Å². The molecule has 0 radical (unpaired) electrons. The van der Waals surface area contributed by atoms with Crippen molar-refractivity contribution in [2.75, 3.05) is 23.1 Å². The van der Waals surface area contributed by atoms with Crippen LogP contribution in [0.15, 0.2) is 70.3 Å². The number of sulfonamides is 1. The summed E-state index contributed by atoms with van der Waals surface area (Å²) in [6, 6.07) is 16.9. The van der Waals surface area contributed by atoms with Gasteiger partial charge in [-0.05, 0) is 60.5 Å². The predicted molar refractivity (Wildman–Crippen MR) is 130 cm³/mol. The zero-order chi connectivity index (χ0) is 23.3. The van der Waals surface area contributed by atoms with Crippen LogP contribution in [0.4, 0.5) is 11.4 Å². The van der Waals surface area contributed by atoms with E-state index in [1.807, 2.05) is 4.90 Å². The Morgan fingerprint density at radius 1 is 0.909 bits per heavy atom. The van der Waals surface area contributed by atoms with Crippen LogP contribution < -0.4 is 10.0 Å². The van der Waals surface area contributed by atoms with Gasteiger partial charge in [-0.15, -0.1) is 11.3 Å². The molecule has 1 aromatic heterocycles. The third-order valence-corrected chi connectivity index (χ3v) is 8.18. The number of benzene rings is 2. The molecular weight excluding hydrogens is 458 g/mol. The van der Waals surface area contributed by atoms with Gasteiger partial charge >= 0.3 is 0 Å². The highest BCUT2D eigenvalue weighted by molar-refractivity contribution is 7.94. The SMILES string of the molecule is O=C(Cc1ccc(NS(=O)(=O)c2cccs2)cc1)Nc1ccccc1C(=O)N1CCCCC1. The van der Waals surface area contributed by atoms with Crippen molar-refractivity contribution in [1.29, 1.82) is 0 Å². The molecule has 4 rings (SSSR count). The van der Waals surface area contributed by atoms with Gasteiger partial charge in [-0.1, -0.05) is 30.3 Å². The predicted octanol–water partition coefficient (Wildman–Crippen LogP) is 4.36. The Hall–Kier alpha value is -3.17. The number of amides is 2. The van der Waals surface area contributed by atoms with Gasteiger partial charge in [0, 0.05) is 18.8 Å². The third-order valence-electron chi connectivity index (χ3n) is 5.41. The van der Waals surface area contributed by atoms with Crippen molar-refractivity contribution in [3.05, 3.63) is 77.2 Å². The number of rotatable bonds is 7. The highest BCUT2D eigenvalue weighted by atomic mass is 32.2. The van der Waals surface area contributed by atoms with E-state index in [1.165, 1.54) is 0 Å². The largest absolute Gasteiger partial charge is 0.339 e. The molecule has 0 aliphatic carbocycles. The Labute approximate surface area is 197 Å². The van der Waals surface area contributed by atoms with Gasteiger partial charge < -0.3 is 10.2 Å². The fraction of sp³-hybridized carbons (Fsp3) is 0.250. The number of anilines is 2. The van der Waals surface area contributed by atoms with Crippen LogP contribution in [0.2, 0.25) is 0 Å². The van der Waals surface area contributed by atoms with Crippen LogP contribution in [0.25, 0.3) is 0 Å². The Bertz CT molecular complexity index is 1220. The van der Waals surface area contributed by atoms with Gasteiger partial charge in [0.25, 0.3) is 15.9 Å². The molecule has 33 heavy (non-hydrogen) atoms. The summed E-state index contributed by atoms with van der Waals surface area (Å²) >= 11 is 1.14. The van der Waals surface area contributed by atoms with Crippen LogP contribution in [-0.4, -0.2) is 38.2 Å². The smallest absolute Gasteiger partial charge is 0.271 e. The van der Waals surface area contributed by atoms with Gasteiger partial charge in [-0.25, -0.2) is 8.42 Å². The normalized spacial score (nSPS) is 14.0. The lowest BCUT2D eigenvalue weighted by molar-refractivity contribution is -0.115. The zero-order valence-electron chi connectivity index (χ0n) is 18.0. The van der Waals surface area contributed by atoms with Crippen LogP contribution in [0.3, 0.4) is 0 Å². The van der Waals surface area contributed by atoms with Crippen LogP contribution >= 0.6 is 11.3 Å². The number of likely N-dealkylation sites (tertiary alicyclic amines) is 1. The molecule has 9 heteroatoms. The van der Waals surface area contributed by atoms with Gasteiger partial charge in [0.05, 0.1) is 17.7 Å². The third kappa shape index (κ3) is 5.80. The number of thiophene rings is 1. The number of nitrogens with one attached hydrogen (secondary N) is 2. The number of hydrogen-bond donors (Lipinski definition) is 2. The summed E-state index contributed by atoms with van der Waals surface area (Å²) in [4.78, 5) is 27.4. The molecule has 0 bridgehead atoms. The van der Waals surface area contributed by atoms with E-state index in [9.17, 15) is 18.0 Å². The maximum atomic E-state index is 12.9. The summed E-state index contributed by atoms with van der Waals surface area (Å²) in [7, 11) is -3.62. The monoisotopic (exact) mass is 483 g/mol. The van der Waals surface area contributed by atoms with E-state index < -0.39 is 10.0 Å². The summed E-state index contributed by atoms with van der Waals surface area (Å²) in [6.07, 6.45) is 3.24. The number of piperidine rings is 1. The highest BCUT2D eigenvalue weighted by Crippen LogP contribution is 2.22. The minimum atomic E-state index is -3.62. The van der Waals surface area contributed by atoms with Gasteiger partial charge in [-0.2, -0.15) is 0 Å². The number of carbonyl (C=O) groups excluding carboxylic acids is 2. The lowest BCUT2D eigenvalue weighted by atomic mass is 10.1. The molecule has 0 unspecified atom stereocenters. The molecular formula is C24H25N3O4S2. The summed E-state index contributed by atoms with van der Waals surface area (Å²) < 4.78 is 27.4. The molecule has 0 atom stereocenters. The Morgan fingerprint density at radius 3 is 2.33 bits per heavy atom. The second kappa shape index (κ2) is 10.2. The van der Waals surface area contributed by atoms with Crippen molar-refractivity contribution in [2.45, 2.75) is 29.9 Å². The first kappa shape index (κ1) is 23.0. The van der Waals surface area contributed by atoms with Crippen LogP contribution in [0.5, 0.6) is 0 Å². The first-order chi connectivity index (χ1) is 15.9. The molecule has 1 fully saturated rings. The van der Waals surface area contributed by atoms with Crippen molar-refractivity contribution in [3.8, 4) is 0 Å². The molecule has 1 saturated heterocycles. The molecule has 2 aromatic carbocycles. The summed E-state index contributed by atoms with van der Waals surface area (Å²) in [5.74, 6) is -0.311. The topological polar surface area (TPSA) is 95.6 Å². The van der Waals surface area contributed by atoms with Crippen molar-refractivity contribution in [2.24, 2.45) is 0 Å². The van der Waals surface area contributed by atoms with Gasteiger partial charge in [-0.3, -0.25) is 14.3 Å². The number of para-hydroxylation sites is 1. The minimum absolute atomic E-state index is 0.0621. The minimum Gasteiger partial charge on any atom is -0.339 e. The van der Waals surface area contributed by atoms with E-state index in [0.717, 1.165) is 49.3 Å². The van der Waals surface area contributed by atoms with Crippen molar-refractivity contribution >= 4 is 44.5 Å². The molecule has 172 valence electrons. The zero-order valence-corrected chi connectivity index (χ0v) is 19.6. The number of carbonyl (C=O) groups is 2. The Morgan fingerprint density at radius 2 is 1.64 bits per heavy atom. The van der Waals surface area contributed by atoms with E-state index in [0.29, 0.717) is 16.9 Å². The van der Waals surface area contributed by atoms with Gasteiger partial charge in [0.2, 0.25) is 5.91 Å². The van der Waals surface area contributed by atoms with Crippen molar-refractivity contribution < 1.29 is 18.0 Å². The number of hydrogen-bond acceptors (Lipinski definition) is 5.